The predicted molar refractivity (Wildman–Crippen MR) is 82.8 cm³/mol. The average molecular weight is 342 g/mol. The Bertz CT molecular complexity index is 682. The van der Waals surface area contributed by atoms with Crippen molar-refractivity contribution in [1.82, 2.24) is 0 Å². The van der Waals surface area contributed by atoms with Gasteiger partial charge in [0.1, 0.15) is 0 Å². The number of carbonyl (C=O) groups excluding carboxylic acids is 2. The maximum absolute atomic E-state index is 12.5. The van der Waals surface area contributed by atoms with Crippen molar-refractivity contribution in [2.45, 2.75) is 13.1 Å². The molecule has 0 aliphatic heterocycles. The summed E-state index contributed by atoms with van der Waals surface area (Å²) in [5.41, 5.74) is 0.548. The van der Waals surface area contributed by atoms with Gasteiger partial charge in [0, 0.05) is 17.9 Å². The number of hydrogen-bond donors (Lipinski definition) is 1. The molecular weight excluding hydrogens is 329 g/mol. The number of nitrogens with one attached hydrogen (secondary N) is 1. The van der Waals surface area contributed by atoms with Crippen LogP contribution in [-0.2, 0) is 4.79 Å². The molecule has 1 N–H and O–H groups in total. The van der Waals surface area contributed by atoms with E-state index in [2.05, 4.69) is 5.32 Å². The van der Waals surface area contributed by atoms with Crippen molar-refractivity contribution in [2.75, 3.05) is 16.8 Å². The van der Waals surface area contributed by atoms with E-state index in [4.69, 9.17) is 0 Å². The largest absolute Gasteiger partial charge is 0.471 e. The predicted octanol–water partition coefficient (Wildman–Crippen LogP) is 3.92. The van der Waals surface area contributed by atoms with E-state index in [1.165, 1.54) is 42.5 Å². The van der Waals surface area contributed by atoms with Crippen LogP contribution in [0.1, 0.15) is 16.6 Å². The van der Waals surface area contributed by atoms with E-state index < -0.39 is 12.1 Å². The van der Waals surface area contributed by atoms with Gasteiger partial charge in [0.2, 0.25) is 0 Å². The van der Waals surface area contributed by atoms with Gasteiger partial charge in [-0.05, 0) is 42.6 Å². The number of halogens is 3. The molecule has 0 spiro atoms. The fourth-order valence-electron chi connectivity index (χ4n) is 1.92. The topological polar surface area (TPSA) is 49.4 Å². The highest BCUT2D eigenvalue weighted by molar-refractivity contribution is 7.12. The van der Waals surface area contributed by atoms with E-state index in [0.717, 1.165) is 0 Å². The lowest BCUT2D eigenvalue weighted by Crippen LogP contribution is -2.41. The minimum Gasteiger partial charge on any atom is -0.321 e. The molecule has 122 valence electrons. The zero-order valence-corrected chi connectivity index (χ0v) is 12.9. The Hall–Kier alpha value is -2.35. The lowest BCUT2D eigenvalue weighted by Gasteiger charge is -2.22. The molecule has 0 radical (unpaired) electrons. The van der Waals surface area contributed by atoms with Crippen LogP contribution in [0, 0.1) is 0 Å². The first-order chi connectivity index (χ1) is 10.8. The second-order valence-corrected chi connectivity index (χ2v) is 5.47. The summed E-state index contributed by atoms with van der Waals surface area (Å²) in [6.45, 7) is 1.34. The molecular formula is C15H13F3N2O2S. The zero-order valence-electron chi connectivity index (χ0n) is 12.1. The summed E-state index contributed by atoms with van der Waals surface area (Å²) in [6.07, 6.45) is -4.93. The normalized spacial score (nSPS) is 11.1. The van der Waals surface area contributed by atoms with Gasteiger partial charge in [-0.1, -0.05) is 6.07 Å². The molecule has 0 atom stereocenters. The van der Waals surface area contributed by atoms with E-state index >= 15 is 0 Å². The Morgan fingerprint density at radius 3 is 2.30 bits per heavy atom. The minimum absolute atomic E-state index is 0.112. The Labute approximate surface area is 134 Å². The number of amides is 2. The van der Waals surface area contributed by atoms with E-state index in [0.29, 0.717) is 15.5 Å². The molecule has 2 aromatic rings. The third kappa shape index (κ3) is 4.10. The highest BCUT2D eigenvalue weighted by atomic mass is 32.1. The SMILES string of the molecule is CCN(C(=O)C(F)(F)F)c1ccc(NC(=O)c2cccs2)cc1. The number of hydrogen-bond acceptors (Lipinski definition) is 3. The van der Waals surface area contributed by atoms with Gasteiger partial charge in [-0.15, -0.1) is 11.3 Å². The first kappa shape index (κ1) is 17.0. The van der Waals surface area contributed by atoms with E-state index in [-0.39, 0.29) is 18.1 Å². The Kier molecular flexibility index (Phi) is 5.05. The van der Waals surface area contributed by atoms with Crippen LogP contribution >= 0.6 is 11.3 Å². The first-order valence-electron chi connectivity index (χ1n) is 6.66. The van der Waals surface area contributed by atoms with Crippen LogP contribution < -0.4 is 10.2 Å². The fourth-order valence-corrected chi connectivity index (χ4v) is 2.54. The summed E-state index contributed by atoms with van der Waals surface area (Å²) in [5, 5.41) is 4.40. The average Bonchev–Trinajstić information content (AvgIpc) is 3.03. The van der Waals surface area contributed by atoms with Gasteiger partial charge in [-0.2, -0.15) is 13.2 Å². The molecule has 0 aliphatic rings. The lowest BCUT2D eigenvalue weighted by molar-refractivity contribution is -0.170. The number of rotatable bonds is 4. The molecule has 23 heavy (non-hydrogen) atoms. The molecule has 2 amide bonds. The summed E-state index contributed by atoms with van der Waals surface area (Å²) in [4.78, 5) is 24.4. The van der Waals surface area contributed by atoms with Crippen molar-refractivity contribution in [2.24, 2.45) is 0 Å². The minimum atomic E-state index is -4.93. The van der Waals surface area contributed by atoms with Crippen LogP contribution in [0.3, 0.4) is 0 Å². The van der Waals surface area contributed by atoms with Gasteiger partial charge in [-0.3, -0.25) is 9.59 Å². The van der Waals surface area contributed by atoms with Crippen molar-refractivity contribution in [1.29, 1.82) is 0 Å². The van der Waals surface area contributed by atoms with Gasteiger partial charge in [0.05, 0.1) is 4.88 Å². The van der Waals surface area contributed by atoms with Gasteiger partial charge in [-0.25, -0.2) is 0 Å². The van der Waals surface area contributed by atoms with Gasteiger partial charge in [0.15, 0.2) is 0 Å². The number of alkyl halides is 3. The number of nitrogens with zero attached hydrogens (tertiary/aromatic N) is 1. The molecule has 0 fully saturated rings. The molecule has 0 unspecified atom stereocenters. The van der Waals surface area contributed by atoms with Crippen LogP contribution in [0.4, 0.5) is 24.5 Å². The van der Waals surface area contributed by atoms with Crippen molar-refractivity contribution < 1.29 is 22.8 Å². The molecule has 1 heterocycles. The van der Waals surface area contributed by atoms with Crippen molar-refractivity contribution in [3.05, 3.63) is 46.7 Å². The Morgan fingerprint density at radius 2 is 1.83 bits per heavy atom. The zero-order chi connectivity index (χ0) is 17.0. The first-order valence-corrected chi connectivity index (χ1v) is 7.54. The second-order valence-electron chi connectivity index (χ2n) is 4.53. The number of thiophene rings is 1. The summed E-state index contributed by atoms with van der Waals surface area (Å²) >= 11 is 1.28. The smallest absolute Gasteiger partial charge is 0.321 e. The molecule has 0 bridgehead atoms. The Morgan fingerprint density at radius 1 is 1.17 bits per heavy atom. The second kappa shape index (κ2) is 6.82. The quantitative estimate of drug-likeness (QED) is 0.916. The summed E-state index contributed by atoms with van der Waals surface area (Å²) in [5.74, 6) is -2.22. The molecule has 1 aromatic heterocycles. The number of carbonyl (C=O) groups is 2. The van der Waals surface area contributed by atoms with Gasteiger partial charge < -0.3 is 10.2 Å². The highest BCUT2D eigenvalue weighted by Crippen LogP contribution is 2.25. The monoisotopic (exact) mass is 342 g/mol. The van der Waals surface area contributed by atoms with Crippen LogP contribution in [0.2, 0.25) is 0 Å². The third-order valence-electron chi connectivity index (χ3n) is 2.99. The number of benzene rings is 1. The number of anilines is 2. The van der Waals surface area contributed by atoms with Crippen LogP contribution in [0.5, 0.6) is 0 Å². The van der Waals surface area contributed by atoms with Crippen LogP contribution in [0.15, 0.2) is 41.8 Å². The van der Waals surface area contributed by atoms with Crippen molar-refractivity contribution in [3.63, 3.8) is 0 Å². The summed E-state index contributed by atoms with van der Waals surface area (Å²) in [6, 6.07) is 9.02. The summed E-state index contributed by atoms with van der Waals surface area (Å²) in [7, 11) is 0. The summed E-state index contributed by atoms with van der Waals surface area (Å²) < 4.78 is 37.6. The molecule has 8 heteroatoms. The molecule has 0 saturated carbocycles. The Balaban J connectivity index is 2.12. The standard InChI is InChI=1S/C15H13F3N2O2S/c1-2-20(14(22)15(16,17)18)11-7-5-10(6-8-11)19-13(21)12-4-3-9-23-12/h3-9H,2H2,1H3,(H,19,21). The van der Waals surface area contributed by atoms with E-state index in [1.807, 2.05) is 0 Å². The van der Waals surface area contributed by atoms with Gasteiger partial charge >= 0.3 is 12.1 Å². The van der Waals surface area contributed by atoms with E-state index in [1.54, 1.807) is 17.5 Å². The third-order valence-corrected chi connectivity index (χ3v) is 3.85. The van der Waals surface area contributed by atoms with Crippen molar-refractivity contribution >= 4 is 34.5 Å². The van der Waals surface area contributed by atoms with Crippen LogP contribution in [-0.4, -0.2) is 24.5 Å². The fraction of sp³-hybridized carbons (Fsp3) is 0.200. The van der Waals surface area contributed by atoms with E-state index in [9.17, 15) is 22.8 Å². The molecule has 4 nitrogen and oxygen atoms in total. The highest BCUT2D eigenvalue weighted by Gasteiger charge is 2.42. The molecule has 2 rings (SSSR count). The van der Waals surface area contributed by atoms with Gasteiger partial charge in [0.25, 0.3) is 5.91 Å². The maximum atomic E-state index is 12.5. The molecule has 1 aromatic carbocycles. The van der Waals surface area contributed by atoms with Crippen molar-refractivity contribution in [3.8, 4) is 0 Å². The maximum Gasteiger partial charge on any atom is 0.471 e. The molecule has 0 saturated heterocycles. The lowest BCUT2D eigenvalue weighted by atomic mass is 10.2. The molecule has 0 aliphatic carbocycles. The van der Waals surface area contributed by atoms with Crippen LogP contribution in [0.25, 0.3) is 0 Å².